The van der Waals surface area contributed by atoms with E-state index in [4.69, 9.17) is 4.74 Å². The van der Waals surface area contributed by atoms with Gasteiger partial charge in [-0.1, -0.05) is 18.2 Å². The van der Waals surface area contributed by atoms with Gasteiger partial charge in [0.1, 0.15) is 17.9 Å². The van der Waals surface area contributed by atoms with E-state index in [9.17, 15) is 9.18 Å². The van der Waals surface area contributed by atoms with Crippen molar-refractivity contribution in [2.45, 2.75) is 25.7 Å². The number of aryl methyl sites for hydroxylation is 1. The van der Waals surface area contributed by atoms with Crippen molar-refractivity contribution < 1.29 is 13.9 Å². The molecule has 3 heterocycles. The van der Waals surface area contributed by atoms with Crippen LogP contribution in [0.4, 0.5) is 4.39 Å². The smallest absolute Gasteiger partial charge is 0.253 e. The van der Waals surface area contributed by atoms with E-state index in [0.29, 0.717) is 29.7 Å². The Labute approximate surface area is 191 Å². The van der Waals surface area contributed by atoms with Crippen molar-refractivity contribution in [3.63, 3.8) is 0 Å². The topological polar surface area (TPSA) is 59.7 Å². The average molecular weight is 445 g/mol. The van der Waals surface area contributed by atoms with Gasteiger partial charge in [-0.05, 0) is 67.6 Å². The number of pyridine rings is 1. The number of methoxy groups -OCH3 is 1. The monoisotopic (exact) mass is 444 g/mol. The molecule has 7 heteroatoms. The quantitative estimate of drug-likeness (QED) is 0.437. The molecule has 2 aromatic heterocycles. The van der Waals surface area contributed by atoms with Crippen LogP contribution in [0, 0.1) is 5.82 Å². The first-order chi connectivity index (χ1) is 16.2. The van der Waals surface area contributed by atoms with E-state index in [-0.39, 0.29) is 11.7 Å². The van der Waals surface area contributed by atoms with Crippen LogP contribution in [0.15, 0.2) is 60.9 Å². The summed E-state index contributed by atoms with van der Waals surface area (Å²) in [6.45, 7) is 1.67. The lowest BCUT2D eigenvalue weighted by atomic mass is 10.0. The summed E-state index contributed by atoms with van der Waals surface area (Å²) in [5, 5.41) is 8.43. The van der Waals surface area contributed by atoms with Gasteiger partial charge >= 0.3 is 0 Å². The van der Waals surface area contributed by atoms with Crippen molar-refractivity contribution in [1.29, 1.82) is 0 Å². The zero-order chi connectivity index (χ0) is 22.8. The average Bonchev–Trinajstić information content (AvgIpc) is 3.55. The Morgan fingerprint density at radius 2 is 1.82 bits per heavy atom. The van der Waals surface area contributed by atoms with E-state index < -0.39 is 0 Å². The van der Waals surface area contributed by atoms with Crippen LogP contribution in [0.5, 0.6) is 5.75 Å². The summed E-state index contributed by atoms with van der Waals surface area (Å²) in [4.78, 5) is 14.5. The Bertz CT molecular complexity index is 1290. The van der Waals surface area contributed by atoms with Crippen molar-refractivity contribution in [2.24, 2.45) is 0 Å². The molecule has 2 aromatic carbocycles. The molecular weight excluding hydrogens is 419 g/mol. The third-order valence-corrected chi connectivity index (χ3v) is 6.30. The number of rotatable bonds is 6. The van der Waals surface area contributed by atoms with Gasteiger partial charge in [0, 0.05) is 35.5 Å². The Morgan fingerprint density at radius 3 is 2.58 bits per heavy atom. The molecular formula is C26H25FN4O2. The summed E-state index contributed by atoms with van der Waals surface area (Å²) in [5.74, 6) is 0.371. The second kappa shape index (κ2) is 9.02. The number of carbonyl (C=O) groups excluding carboxylic acids is 1. The number of nitrogens with zero attached hydrogens (tertiary/aromatic N) is 4. The van der Waals surface area contributed by atoms with Gasteiger partial charge in [-0.3, -0.25) is 9.20 Å². The molecule has 4 aromatic rings. The lowest BCUT2D eigenvalue weighted by Gasteiger charge is -2.15. The zero-order valence-corrected chi connectivity index (χ0v) is 18.5. The number of hydrogen-bond donors (Lipinski definition) is 0. The summed E-state index contributed by atoms with van der Waals surface area (Å²) in [6, 6.07) is 16.6. The summed E-state index contributed by atoms with van der Waals surface area (Å²) >= 11 is 0. The Hall–Kier alpha value is -3.74. The van der Waals surface area contributed by atoms with Gasteiger partial charge in [-0.2, -0.15) is 0 Å². The van der Waals surface area contributed by atoms with Crippen LogP contribution in [0.3, 0.4) is 0 Å². The molecule has 1 amide bonds. The van der Waals surface area contributed by atoms with Gasteiger partial charge in [-0.25, -0.2) is 4.39 Å². The predicted molar refractivity (Wildman–Crippen MR) is 124 cm³/mol. The van der Waals surface area contributed by atoms with E-state index in [1.165, 1.54) is 6.07 Å². The van der Waals surface area contributed by atoms with Gasteiger partial charge in [-0.15, -0.1) is 10.2 Å². The number of benzene rings is 2. The molecule has 0 unspecified atom stereocenters. The molecule has 33 heavy (non-hydrogen) atoms. The molecule has 1 fully saturated rings. The number of aromatic nitrogens is 3. The third kappa shape index (κ3) is 4.06. The molecule has 0 atom stereocenters. The minimum Gasteiger partial charge on any atom is -0.496 e. The second-order valence-corrected chi connectivity index (χ2v) is 8.26. The molecule has 1 aliphatic rings. The Morgan fingerprint density at radius 1 is 1.03 bits per heavy atom. The van der Waals surface area contributed by atoms with E-state index in [1.807, 2.05) is 45.7 Å². The van der Waals surface area contributed by atoms with Gasteiger partial charge in [0.05, 0.1) is 7.11 Å². The van der Waals surface area contributed by atoms with Crippen molar-refractivity contribution in [1.82, 2.24) is 19.5 Å². The molecule has 168 valence electrons. The van der Waals surface area contributed by atoms with Gasteiger partial charge in [0.2, 0.25) is 0 Å². The molecule has 1 aliphatic heterocycles. The third-order valence-electron chi connectivity index (χ3n) is 6.30. The molecule has 6 nitrogen and oxygen atoms in total. The fourth-order valence-corrected chi connectivity index (χ4v) is 4.51. The second-order valence-electron chi connectivity index (χ2n) is 8.26. The van der Waals surface area contributed by atoms with Crippen molar-refractivity contribution in [3.05, 3.63) is 83.6 Å². The maximum atomic E-state index is 14.3. The number of amides is 1. The number of hydrogen-bond acceptors (Lipinski definition) is 4. The summed E-state index contributed by atoms with van der Waals surface area (Å²) in [7, 11) is 1.55. The lowest BCUT2D eigenvalue weighted by Crippen LogP contribution is -2.27. The van der Waals surface area contributed by atoms with E-state index in [0.717, 1.165) is 48.4 Å². The zero-order valence-electron chi connectivity index (χ0n) is 18.5. The highest BCUT2D eigenvalue weighted by Crippen LogP contribution is 2.27. The Balaban J connectivity index is 1.40. The van der Waals surface area contributed by atoms with Crippen LogP contribution in [0.1, 0.15) is 34.5 Å². The standard InChI is InChI=1S/C26H25FN4O2/c1-33-24-6-4-5-23(27)22(24)14-12-20-11-13-21(25-29-28-17-31(20)25)18-7-9-19(10-8-18)26(32)30-15-2-3-16-30/h4-11,13,17H,2-3,12,14-16H2,1H3. The first-order valence-corrected chi connectivity index (χ1v) is 11.2. The van der Waals surface area contributed by atoms with Gasteiger partial charge in [0.25, 0.3) is 5.91 Å². The minimum absolute atomic E-state index is 0.0885. The maximum Gasteiger partial charge on any atom is 0.253 e. The normalized spacial score (nSPS) is 13.6. The fraction of sp³-hybridized carbons (Fsp3) is 0.269. The summed E-state index contributed by atoms with van der Waals surface area (Å²) in [6.07, 6.45) is 4.93. The lowest BCUT2D eigenvalue weighted by molar-refractivity contribution is 0.0793. The largest absolute Gasteiger partial charge is 0.496 e. The molecule has 0 bridgehead atoms. The van der Waals surface area contributed by atoms with Crippen molar-refractivity contribution in [3.8, 4) is 16.9 Å². The molecule has 0 aliphatic carbocycles. The number of fused-ring (bicyclic) bond motifs is 1. The van der Waals surface area contributed by atoms with Gasteiger partial charge in [0.15, 0.2) is 5.65 Å². The highest BCUT2D eigenvalue weighted by atomic mass is 19.1. The van der Waals surface area contributed by atoms with Crippen LogP contribution in [0.2, 0.25) is 0 Å². The molecule has 0 spiro atoms. The van der Waals surface area contributed by atoms with Crippen LogP contribution in [0.25, 0.3) is 16.8 Å². The molecule has 0 radical (unpaired) electrons. The van der Waals surface area contributed by atoms with Crippen LogP contribution in [-0.2, 0) is 12.8 Å². The van der Waals surface area contributed by atoms with Crippen LogP contribution >= 0.6 is 0 Å². The SMILES string of the molecule is COc1cccc(F)c1CCc1ccc(-c2ccc(C(=O)N3CCCC3)cc2)c2nncn12. The van der Waals surface area contributed by atoms with Crippen molar-refractivity contribution >= 4 is 11.6 Å². The van der Waals surface area contributed by atoms with Crippen LogP contribution < -0.4 is 4.74 Å². The fourth-order valence-electron chi connectivity index (χ4n) is 4.51. The summed E-state index contributed by atoms with van der Waals surface area (Å²) in [5.41, 5.74) is 4.86. The van der Waals surface area contributed by atoms with Gasteiger partial charge < -0.3 is 9.64 Å². The van der Waals surface area contributed by atoms with Crippen LogP contribution in [-0.4, -0.2) is 45.6 Å². The maximum absolute atomic E-state index is 14.3. The van der Waals surface area contributed by atoms with Crippen molar-refractivity contribution in [2.75, 3.05) is 20.2 Å². The minimum atomic E-state index is -0.269. The molecule has 5 rings (SSSR count). The van der Waals surface area contributed by atoms with E-state index >= 15 is 0 Å². The summed E-state index contributed by atoms with van der Waals surface area (Å²) < 4.78 is 21.6. The van der Waals surface area contributed by atoms with E-state index in [2.05, 4.69) is 10.2 Å². The number of ether oxygens (including phenoxy) is 1. The van der Waals surface area contributed by atoms with E-state index in [1.54, 1.807) is 25.6 Å². The number of carbonyl (C=O) groups is 1. The first-order valence-electron chi connectivity index (χ1n) is 11.2. The molecule has 0 saturated carbocycles. The first kappa shape index (κ1) is 21.1. The number of likely N-dealkylation sites (tertiary alicyclic amines) is 1. The predicted octanol–water partition coefficient (Wildman–Crippen LogP) is 4.57. The number of halogens is 1. The Kier molecular flexibility index (Phi) is 5.77. The molecule has 0 N–H and O–H groups in total. The highest BCUT2D eigenvalue weighted by Gasteiger charge is 2.19. The molecule has 1 saturated heterocycles. The highest BCUT2D eigenvalue weighted by molar-refractivity contribution is 5.95.